The molecule has 0 saturated heterocycles. The van der Waals surface area contributed by atoms with Gasteiger partial charge in [-0.25, -0.2) is 9.59 Å². The van der Waals surface area contributed by atoms with Crippen LogP contribution in [0.5, 0.6) is 0 Å². The molecule has 0 bridgehead atoms. The second-order valence-electron chi connectivity index (χ2n) is 7.33. The first-order valence-electron chi connectivity index (χ1n) is 10.4. The molecule has 2 aromatic rings. The van der Waals surface area contributed by atoms with Crippen LogP contribution in [0.2, 0.25) is 0 Å². The molecule has 0 aliphatic carbocycles. The largest absolute Gasteiger partial charge is 0.461 e. The Morgan fingerprint density at radius 2 is 1.03 bits per heavy atom. The van der Waals surface area contributed by atoms with Crippen LogP contribution in [-0.4, -0.2) is 36.7 Å². The van der Waals surface area contributed by atoms with Gasteiger partial charge in [0.05, 0.1) is 0 Å². The van der Waals surface area contributed by atoms with Gasteiger partial charge < -0.3 is 9.47 Å². The molecule has 6 heteroatoms. The van der Waals surface area contributed by atoms with Crippen LogP contribution in [0.25, 0.3) is 11.1 Å². The second kappa shape index (κ2) is 13.9. The quantitative estimate of drug-likeness (QED) is 0.202. The molecule has 32 heavy (non-hydrogen) atoms. The molecule has 2 aromatic carbocycles. The Morgan fingerprint density at radius 3 is 1.34 bits per heavy atom. The zero-order chi connectivity index (χ0) is 23.3. The lowest BCUT2D eigenvalue weighted by Crippen LogP contribution is -2.07. The van der Waals surface area contributed by atoms with E-state index in [0.29, 0.717) is 24.4 Å². The molecule has 0 radical (unpaired) electrons. The molecule has 2 rings (SSSR count). The van der Waals surface area contributed by atoms with E-state index in [4.69, 9.17) is 9.47 Å². The summed E-state index contributed by atoms with van der Waals surface area (Å²) in [5, 5.41) is 0. The molecule has 0 spiro atoms. The first-order chi connectivity index (χ1) is 15.4. The molecule has 0 heterocycles. The summed E-state index contributed by atoms with van der Waals surface area (Å²) >= 11 is 3.47. The van der Waals surface area contributed by atoms with Gasteiger partial charge in [-0.1, -0.05) is 61.7 Å². The number of rotatable bonds is 13. The van der Waals surface area contributed by atoms with Crippen molar-refractivity contribution >= 4 is 35.5 Å². The monoisotopic (exact) mass is 470 g/mol. The summed E-state index contributed by atoms with van der Waals surface area (Å²) in [5.74, 6) is 2.62. The number of carbonyl (C=O) groups excluding carboxylic acids is 2. The van der Waals surface area contributed by atoms with Crippen LogP contribution in [0.3, 0.4) is 0 Å². The number of benzene rings is 2. The fourth-order valence-corrected chi connectivity index (χ4v) is 4.15. The van der Waals surface area contributed by atoms with E-state index in [0.717, 1.165) is 23.0 Å². The Labute approximate surface area is 199 Å². The molecule has 0 unspecified atom stereocenters. The van der Waals surface area contributed by atoms with Crippen LogP contribution >= 0.6 is 23.5 Å². The maximum atomic E-state index is 11.3. The van der Waals surface area contributed by atoms with Gasteiger partial charge >= 0.3 is 11.9 Å². The molecule has 0 fully saturated rings. The third kappa shape index (κ3) is 9.37. The summed E-state index contributed by atoms with van der Waals surface area (Å²) in [7, 11) is 0. The second-order valence-corrected chi connectivity index (χ2v) is 9.54. The van der Waals surface area contributed by atoms with E-state index in [1.807, 2.05) is 0 Å². The number of hydrogen-bond donors (Lipinski definition) is 0. The fraction of sp³-hybridized carbons (Fsp3) is 0.308. The van der Waals surface area contributed by atoms with Crippen molar-refractivity contribution in [3.63, 3.8) is 0 Å². The van der Waals surface area contributed by atoms with Crippen molar-refractivity contribution < 1.29 is 19.1 Å². The number of hydrogen-bond acceptors (Lipinski definition) is 6. The molecule has 0 aliphatic rings. The Balaban J connectivity index is 1.71. The maximum absolute atomic E-state index is 11.3. The normalized spacial score (nSPS) is 10.4. The van der Waals surface area contributed by atoms with E-state index >= 15 is 0 Å². The summed E-state index contributed by atoms with van der Waals surface area (Å²) in [4.78, 5) is 22.7. The van der Waals surface area contributed by atoms with Crippen molar-refractivity contribution in [2.45, 2.75) is 25.4 Å². The number of carbonyl (C=O) groups is 2. The van der Waals surface area contributed by atoms with Crippen molar-refractivity contribution in [2.75, 3.05) is 24.7 Å². The van der Waals surface area contributed by atoms with Crippen molar-refractivity contribution in [3.8, 4) is 11.1 Å². The maximum Gasteiger partial charge on any atom is 0.333 e. The van der Waals surface area contributed by atoms with Gasteiger partial charge in [-0.2, -0.15) is 23.5 Å². The Bertz CT molecular complexity index is 840. The highest BCUT2D eigenvalue weighted by atomic mass is 32.2. The SMILES string of the molecule is C=C(C)C(=O)OCCSCc1ccc(-c2ccc(CSCCOC(=O)C(=C)C)cc2)cc1. The average molecular weight is 471 g/mol. The van der Waals surface area contributed by atoms with E-state index in [2.05, 4.69) is 61.7 Å². The molecule has 0 N–H and O–H groups in total. The Hall–Kier alpha value is -2.44. The van der Waals surface area contributed by atoms with Gasteiger partial charge in [-0.3, -0.25) is 0 Å². The van der Waals surface area contributed by atoms with Crippen molar-refractivity contribution in [1.82, 2.24) is 0 Å². The third-order valence-electron chi connectivity index (χ3n) is 4.40. The van der Waals surface area contributed by atoms with E-state index in [1.54, 1.807) is 37.4 Å². The lowest BCUT2D eigenvalue weighted by molar-refractivity contribution is -0.139. The number of ether oxygens (including phenoxy) is 2. The summed E-state index contributed by atoms with van der Waals surface area (Å²) in [6.45, 7) is 11.2. The van der Waals surface area contributed by atoms with Crippen LogP contribution < -0.4 is 0 Å². The van der Waals surface area contributed by atoms with Gasteiger partial charge in [-0.05, 0) is 36.1 Å². The van der Waals surface area contributed by atoms with Crippen molar-refractivity contribution in [3.05, 3.63) is 84.0 Å². The standard InChI is InChI=1S/C26H30O4S2/c1-19(2)25(27)29-13-15-31-17-21-5-9-23(10-6-21)24-11-7-22(8-12-24)18-32-16-14-30-26(28)20(3)4/h5-12H,1,3,13-18H2,2,4H3. The third-order valence-corrected chi connectivity index (χ3v) is 6.38. The highest BCUT2D eigenvalue weighted by Gasteiger charge is 2.04. The van der Waals surface area contributed by atoms with Gasteiger partial charge in [0, 0.05) is 34.2 Å². The number of esters is 2. The topological polar surface area (TPSA) is 52.6 Å². The Morgan fingerprint density at radius 1 is 0.688 bits per heavy atom. The van der Waals surface area contributed by atoms with Gasteiger partial charge in [0.15, 0.2) is 0 Å². The minimum Gasteiger partial charge on any atom is -0.461 e. The highest BCUT2D eigenvalue weighted by molar-refractivity contribution is 7.98. The highest BCUT2D eigenvalue weighted by Crippen LogP contribution is 2.23. The molecule has 0 amide bonds. The molecular weight excluding hydrogens is 440 g/mol. The van der Waals surface area contributed by atoms with E-state index in [9.17, 15) is 9.59 Å². The number of thioether (sulfide) groups is 2. The molecule has 0 saturated carbocycles. The average Bonchev–Trinajstić information content (AvgIpc) is 2.79. The van der Waals surface area contributed by atoms with E-state index < -0.39 is 0 Å². The smallest absolute Gasteiger partial charge is 0.333 e. The van der Waals surface area contributed by atoms with Gasteiger partial charge in [-0.15, -0.1) is 0 Å². The van der Waals surface area contributed by atoms with Crippen LogP contribution in [0.4, 0.5) is 0 Å². The van der Waals surface area contributed by atoms with Crippen molar-refractivity contribution in [1.29, 1.82) is 0 Å². The summed E-state index contributed by atoms with van der Waals surface area (Å²) in [6, 6.07) is 17.1. The minimum atomic E-state index is -0.330. The lowest BCUT2D eigenvalue weighted by Gasteiger charge is -2.07. The summed E-state index contributed by atoms with van der Waals surface area (Å²) in [6.07, 6.45) is 0. The zero-order valence-corrected chi connectivity index (χ0v) is 20.4. The van der Waals surface area contributed by atoms with Crippen molar-refractivity contribution in [2.24, 2.45) is 0 Å². The van der Waals surface area contributed by atoms with E-state index in [1.165, 1.54) is 22.3 Å². The first kappa shape index (κ1) is 25.8. The van der Waals surface area contributed by atoms with Crippen LogP contribution in [0.15, 0.2) is 72.8 Å². The molecule has 0 aliphatic heterocycles. The minimum absolute atomic E-state index is 0.330. The van der Waals surface area contributed by atoms with Gasteiger partial charge in [0.25, 0.3) is 0 Å². The molecule has 0 atom stereocenters. The zero-order valence-electron chi connectivity index (χ0n) is 18.7. The fourth-order valence-electron chi connectivity index (χ4n) is 2.60. The van der Waals surface area contributed by atoms with E-state index in [-0.39, 0.29) is 11.9 Å². The van der Waals surface area contributed by atoms with Gasteiger partial charge in [0.1, 0.15) is 13.2 Å². The first-order valence-corrected chi connectivity index (χ1v) is 12.7. The lowest BCUT2D eigenvalue weighted by atomic mass is 10.0. The van der Waals surface area contributed by atoms with Crippen LogP contribution in [-0.2, 0) is 30.6 Å². The van der Waals surface area contributed by atoms with Crippen LogP contribution in [0.1, 0.15) is 25.0 Å². The van der Waals surface area contributed by atoms with Crippen LogP contribution in [0, 0.1) is 0 Å². The summed E-state index contributed by atoms with van der Waals surface area (Å²) in [5.41, 5.74) is 5.70. The Kier molecular flexibility index (Phi) is 11.2. The molecule has 170 valence electrons. The predicted octanol–water partition coefficient (Wildman–Crippen LogP) is 6.06. The predicted molar refractivity (Wildman–Crippen MR) is 136 cm³/mol. The molecule has 0 aromatic heterocycles. The molecule has 4 nitrogen and oxygen atoms in total. The molecular formula is C26H30O4S2. The van der Waals surface area contributed by atoms with Gasteiger partial charge in [0.2, 0.25) is 0 Å². The summed E-state index contributed by atoms with van der Waals surface area (Å²) < 4.78 is 10.2.